The predicted octanol–water partition coefficient (Wildman–Crippen LogP) is 1.99. The molecule has 0 bridgehead atoms. The molecule has 0 aliphatic carbocycles. The van der Waals surface area contributed by atoms with E-state index in [-0.39, 0.29) is 16.7 Å². The molecule has 1 aromatic rings. The average molecular weight is 259 g/mol. The molecule has 0 saturated carbocycles. The molecule has 0 amide bonds. The lowest BCUT2D eigenvalue weighted by Gasteiger charge is -2.09. The highest BCUT2D eigenvalue weighted by atomic mass is 79.9. The maximum atomic E-state index is 11.5. The molecule has 0 spiro atoms. The minimum absolute atomic E-state index is 0.0622. The van der Waals surface area contributed by atoms with E-state index < -0.39 is 0 Å². The van der Waals surface area contributed by atoms with E-state index in [0.29, 0.717) is 0 Å². The number of rotatable bonds is 2. The highest BCUT2D eigenvalue weighted by molar-refractivity contribution is 9.10. The Balaban J connectivity index is 2.89. The molecule has 0 aliphatic heterocycles. The van der Waals surface area contributed by atoms with Crippen LogP contribution in [0.1, 0.15) is 5.56 Å². The summed E-state index contributed by atoms with van der Waals surface area (Å²) in [6.07, 6.45) is 4.05. The number of halogens is 1. The van der Waals surface area contributed by atoms with Crippen LogP contribution in [-0.2, 0) is 10.9 Å². The van der Waals surface area contributed by atoms with Crippen molar-refractivity contribution in [2.45, 2.75) is 0 Å². The zero-order valence-electron chi connectivity index (χ0n) is 7.58. The van der Waals surface area contributed by atoms with Gasteiger partial charge in [0, 0.05) is 15.4 Å². The van der Waals surface area contributed by atoms with Crippen LogP contribution in [0.3, 0.4) is 0 Å². The van der Waals surface area contributed by atoms with Crippen molar-refractivity contribution in [3.8, 4) is 0 Å². The van der Waals surface area contributed by atoms with Crippen molar-refractivity contribution in [1.29, 1.82) is 0 Å². The summed E-state index contributed by atoms with van der Waals surface area (Å²) < 4.78 is 0.996. The third-order valence-corrected chi connectivity index (χ3v) is 2.69. The fraction of sp³-hybridized carbons (Fsp3) is 0.200. The van der Waals surface area contributed by atoms with Gasteiger partial charge in [-0.25, -0.2) is 0 Å². The van der Waals surface area contributed by atoms with E-state index in [4.69, 9.17) is 0 Å². The maximum absolute atomic E-state index is 11.5. The Morgan fingerprint density at radius 2 is 1.85 bits per heavy atom. The summed E-state index contributed by atoms with van der Waals surface area (Å²) in [6, 6.07) is 7.42. The first-order valence-corrected chi connectivity index (χ1v) is 6.70. The van der Waals surface area contributed by atoms with Gasteiger partial charge in [0.25, 0.3) is 0 Å². The largest absolute Gasteiger partial charge is 0.869 e. The molecule has 0 radical (unpaired) electrons. The molecule has 1 nitrogen and oxygen atoms in total. The van der Waals surface area contributed by atoms with Gasteiger partial charge in [-0.05, 0) is 17.7 Å². The van der Waals surface area contributed by atoms with Crippen molar-refractivity contribution in [3.05, 3.63) is 39.7 Å². The van der Waals surface area contributed by atoms with Crippen LogP contribution in [0.15, 0.2) is 34.1 Å². The molecule has 3 heteroatoms. The first-order valence-electron chi connectivity index (χ1n) is 3.81. The lowest BCUT2D eigenvalue weighted by atomic mass is 10.2. The summed E-state index contributed by atoms with van der Waals surface area (Å²) in [5.74, 6) is 0.112. The topological polar surface area (TPSA) is 23.1 Å². The van der Waals surface area contributed by atoms with Crippen LogP contribution in [0.2, 0.25) is 0 Å². The molecule has 1 rings (SSSR count). The maximum Gasteiger partial charge on any atom is 0.111 e. The Hall–Kier alpha value is -0.410. The lowest BCUT2D eigenvalue weighted by molar-refractivity contribution is -0.243. The van der Waals surface area contributed by atoms with Crippen LogP contribution >= 0.6 is 15.9 Å². The predicted molar refractivity (Wildman–Crippen MR) is 61.3 cm³/mol. The molecular weight excluding hydrogens is 248 g/mol. The Labute approximate surface area is 90.0 Å². The van der Waals surface area contributed by atoms with Crippen molar-refractivity contribution in [3.63, 3.8) is 0 Å². The first kappa shape index (κ1) is 10.7. The third kappa shape index (κ3) is 3.44. The van der Waals surface area contributed by atoms with Gasteiger partial charge in [0.05, 0.1) is 0 Å². The van der Waals surface area contributed by atoms with Crippen molar-refractivity contribution < 1.29 is 5.11 Å². The monoisotopic (exact) mass is 258 g/mol. The fourth-order valence-electron chi connectivity index (χ4n) is 0.896. The van der Waals surface area contributed by atoms with Gasteiger partial charge in [-0.2, -0.15) is 0 Å². The second kappa shape index (κ2) is 4.72. The molecule has 0 saturated heterocycles. The van der Waals surface area contributed by atoms with E-state index in [0.717, 1.165) is 10.0 Å². The van der Waals surface area contributed by atoms with E-state index in [1.165, 1.54) is 0 Å². The van der Waals surface area contributed by atoms with Crippen LogP contribution < -0.4 is 5.11 Å². The van der Waals surface area contributed by atoms with Crippen molar-refractivity contribution in [1.82, 2.24) is 0 Å². The van der Waals surface area contributed by atoms with Crippen LogP contribution in [0.5, 0.6) is 0 Å². The standard InChI is InChI=1S/C10H11BrOS/c1-13(2)7-10(12)8-3-5-9(11)6-4-8/h3-7H,1-2H3/b10-7-. The average Bonchev–Trinajstić information content (AvgIpc) is 2.04. The Morgan fingerprint density at radius 3 is 2.31 bits per heavy atom. The second-order valence-electron chi connectivity index (χ2n) is 2.87. The quantitative estimate of drug-likeness (QED) is 0.588. The molecule has 0 N–H and O–H groups in total. The summed E-state index contributed by atoms with van der Waals surface area (Å²) in [5.41, 5.74) is 0.754. The van der Waals surface area contributed by atoms with Gasteiger partial charge in [0.15, 0.2) is 0 Å². The normalized spacial score (nSPS) is 12.2. The van der Waals surface area contributed by atoms with Gasteiger partial charge < -0.3 is 5.11 Å². The van der Waals surface area contributed by atoms with E-state index in [1.807, 2.05) is 36.8 Å². The SMILES string of the molecule is C[S+](C)/C=C(\[O-])c1ccc(Br)cc1. The molecule has 1 aromatic carbocycles. The summed E-state index contributed by atoms with van der Waals surface area (Å²) in [4.78, 5) is 0. The van der Waals surface area contributed by atoms with Gasteiger partial charge in [0.1, 0.15) is 17.9 Å². The number of benzene rings is 1. The van der Waals surface area contributed by atoms with Crippen LogP contribution in [0, 0.1) is 0 Å². The van der Waals surface area contributed by atoms with Crippen LogP contribution in [-0.4, -0.2) is 12.5 Å². The van der Waals surface area contributed by atoms with Gasteiger partial charge in [-0.1, -0.05) is 33.8 Å². The van der Waals surface area contributed by atoms with E-state index in [9.17, 15) is 5.11 Å². The number of hydrogen-bond acceptors (Lipinski definition) is 1. The molecule has 0 heterocycles. The highest BCUT2D eigenvalue weighted by Gasteiger charge is 1.97. The second-order valence-corrected chi connectivity index (χ2v) is 5.78. The molecule has 0 fully saturated rings. The minimum atomic E-state index is 0.0622. The van der Waals surface area contributed by atoms with Gasteiger partial charge in [-0.3, -0.25) is 0 Å². The van der Waals surface area contributed by atoms with Crippen LogP contribution in [0.25, 0.3) is 5.76 Å². The van der Waals surface area contributed by atoms with Crippen molar-refractivity contribution in [2.75, 3.05) is 12.5 Å². The van der Waals surface area contributed by atoms with Crippen molar-refractivity contribution >= 4 is 32.6 Å². The zero-order valence-corrected chi connectivity index (χ0v) is 9.98. The van der Waals surface area contributed by atoms with E-state index in [2.05, 4.69) is 15.9 Å². The fourth-order valence-corrected chi connectivity index (χ4v) is 1.72. The molecule has 0 aromatic heterocycles. The smallest absolute Gasteiger partial charge is 0.111 e. The van der Waals surface area contributed by atoms with Gasteiger partial charge in [-0.15, -0.1) is 0 Å². The summed E-state index contributed by atoms with van der Waals surface area (Å²) in [6.45, 7) is 0. The Bertz CT molecular complexity index is 303. The number of hydrogen-bond donors (Lipinski definition) is 0. The van der Waals surface area contributed by atoms with E-state index in [1.54, 1.807) is 5.41 Å². The Kier molecular flexibility index (Phi) is 3.88. The first-order chi connectivity index (χ1) is 6.09. The van der Waals surface area contributed by atoms with Gasteiger partial charge >= 0.3 is 0 Å². The highest BCUT2D eigenvalue weighted by Crippen LogP contribution is 2.14. The molecule has 0 unspecified atom stereocenters. The molecule has 0 aliphatic rings. The molecular formula is C10H11BrOS. The Morgan fingerprint density at radius 1 is 1.31 bits per heavy atom. The third-order valence-electron chi connectivity index (χ3n) is 1.47. The summed E-state index contributed by atoms with van der Waals surface area (Å²) >= 11 is 3.33. The zero-order chi connectivity index (χ0) is 9.84. The summed E-state index contributed by atoms with van der Waals surface area (Å²) in [5, 5.41) is 13.3. The lowest BCUT2D eigenvalue weighted by Crippen LogP contribution is -2.04. The summed E-state index contributed by atoms with van der Waals surface area (Å²) in [7, 11) is 0.0622. The van der Waals surface area contributed by atoms with E-state index >= 15 is 0 Å². The molecule has 0 atom stereocenters. The molecule has 70 valence electrons. The van der Waals surface area contributed by atoms with Crippen LogP contribution in [0.4, 0.5) is 0 Å². The molecule has 13 heavy (non-hydrogen) atoms. The minimum Gasteiger partial charge on any atom is -0.869 e. The van der Waals surface area contributed by atoms with Gasteiger partial charge in [0.2, 0.25) is 0 Å². The van der Waals surface area contributed by atoms with Crippen molar-refractivity contribution in [2.24, 2.45) is 0 Å².